The Bertz CT molecular complexity index is 1500. The van der Waals surface area contributed by atoms with Crippen LogP contribution >= 0.6 is 34.4 Å². The minimum Gasteiger partial charge on any atom is -0.507 e. The number of aliphatic hydroxyl groups is 1. The molecule has 1 N–H and O–H groups in total. The number of amides is 1. The number of anilines is 1. The number of carbonyl (C=O) groups is 2. The number of benzene rings is 2. The van der Waals surface area contributed by atoms with Gasteiger partial charge in [-0.05, 0) is 35.2 Å². The third-order valence-electron chi connectivity index (χ3n) is 5.88. The summed E-state index contributed by atoms with van der Waals surface area (Å²) >= 11 is 4.14. The predicted octanol–water partition coefficient (Wildman–Crippen LogP) is 5.29. The first-order valence-electron chi connectivity index (χ1n) is 11.3. The number of aliphatic hydroxyl groups excluding tert-OH is 1. The van der Waals surface area contributed by atoms with E-state index < -0.39 is 17.7 Å². The maximum atomic E-state index is 13.3. The second-order valence-corrected chi connectivity index (χ2v) is 11.3. The van der Waals surface area contributed by atoms with Gasteiger partial charge in [0.15, 0.2) is 15.8 Å². The Hall–Kier alpha value is -3.67. The van der Waals surface area contributed by atoms with Crippen molar-refractivity contribution in [2.24, 2.45) is 0 Å². The molecule has 1 unspecified atom stereocenters. The fraction of sp³-hybridized carbons (Fsp3) is 0.154. The number of fused-ring (bicyclic) bond motifs is 1. The van der Waals surface area contributed by atoms with E-state index in [1.54, 1.807) is 18.2 Å². The SMILES string of the molecule is O=C1C(=O)N(c2nnc(SCc3ccccc3)s2)C(c2cccs2)/C1=C(\O)c1ccc2c(c1)OCCO2. The van der Waals surface area contributed by atoms with E-state index in [4.69, 9.17) is 9.47 Å². The molecule has 0 saturated carbocycles. The Kier molecular flexibility index (Phi) is 6.41. The molecule has 8 nitrogen and oxygen atoms in total. The Morgan fingerprint density at radius 1 is 1.03 bits per heavy atom. The van der Waals surface area contributed by atoms with Gasteiger partial charge in [-0.15, -0.1) is 21.5 Å². The first-order valence-corrected chi connectivity index (χ1v) is 14.0. The summed E-state index contributed by atoms with van der Waals surface area (Å²) in [5.41, 5.74) is 1.50. The standard InChI is InChI=1S/C26H19N3O5S3/c30-22(16-8-9-17-18(13-16)34-11-10-33-17)20-21(19-7-4-12-35-19)29(24(32)23(20)31)25-27-28-26(37-25)36-14-15-5-2-1-3-6-15/h1-9,12-13,21,30H,10-11,14H2/b22-20+. The maximum Gasteiger partial charge on any atom is 0.301 e. The van der Waals surface area contributed by atoms with Crippen molar-refractivity contribution in [1.82, 2.24) is 10.2 Å². The molecule has 37 heavy (non-hydrogen) atoms. The zero-order valence-corrected chi connectivity index (χ0v) is 21.6. The summed E-state index contributed by atoms with van der Waals surface area (Å²) in [6, 6.07) is 17.8. The summed E-state index contributed by atoms with van der Waals surface area (Å²) in [7, 11) is 0. The number of thioether (sulfide) groups is 1. The number of thiophene rings is 1. The average Bonchev–Trinajstić information content (AvgIpc) is 3.68. The van der Waals surface area contributed by atoms with E-state index in [0.717, 1.165) is 10.4 Å². The van der Waals surface area contributed by atoms with Gasteiger partial charge >= 0.3 is 5.91 Å². The fourth-order valence-corrected chi connectivity index (χ4v) is 6.82. The van der Waals surface area contributed by atoms with Crippen molar-refractivity contribution in [3.8, 4) is 11.5 Å². The summed E-state index contributed by atoms with van der Waals surface area (Å²) in [5, 5.41) is 22.0. The van der Waals surface area contributed by atoms with Crippen LogP contribution in [0.2, 0.25) is 0 Å². The Labute approximate surface area is 224 Å². The lowest BCUT2D eigenvalue weighted by Crippen LogP contribution is -2.29. The molecule has 1 saturated heterocycles. The number of rotatable bonds is 6. The number of carbonyl (C=O) groups excluding carboxylic acids is 2. The summed E-state index contributed by atoms with van der Waals surface area (Å²) in [5.74, 6) is -0.0757. The lowest BCUT2D eigenvalue weighted by Gasteiger charge is -2.21. The second-order valence-electron chi connectivity index (χ2n) is 8.17. The third kappa shape index (κ3) is 4.50. The number of hydrogen-bond acceptors (Lipinski definition) is 10. The van der Waals surface area contributed by atoms with Gasteiger partial charge in [-0.25, -0.2) is 0 Å². The molecule has 186 valence electrons. The lowest BCUT2D eigenvalue weighted by molar-refractivity contribution is -0.132. The first-order chi connectivity index (χ1) is 18.1. The van der Waals surface area contributed by atoms with E-state index in [1.165, 1.54) is 39.3 Å². The molecular weight excluding hydrogens is 531 g/mol. The van der Waals surface area contributed by atoms with Crippen LogP contribution < -0.4 is 14.4 Å². The molecule has 2 aliphatic rings. The van der Waals surface area contributed by atoms with E-state index in [2.05, 4.69) is 10.2 Å². The minimum absolute atomic E-state index is 0.00202. The highest BCUT2D eigenvalue weighted by molar-refractivity contribution is 8.00. The number of ether oxygens (including phenoxy) is 2. The molecule has 2 aromatic heterocycles. The summed E-state index contributed by atoms with van der Waals surface area (Å²) in [6.07, 6.45) is 0. The molecule has 6 rings (SSSR count). The smallest absolute Gasteiger partial charge is 0.301 e. The molecule has 0 bridgehead atoms. The van der Waals surface area contributed by atoms with Crippen molar-refractivity contribution in [2.45, 2.75) is 16.1 Å². The van der Waals surface area contributed by atoms with Crippen LogP contribution in [-0.2, 0) is 15.3 Å². The van der Waals surface area contributed by atoms with Gasteiger partial charge in [-0.3, -0.25) is 14.5 Å². The monoisotopic (exact) mass is 549 g/mol. The van der Waals surface area contributed by atoms with Crippen molar-refractivity contribution in [2.75, 3.05) is 18.1 Å². The van der Waals surface area contributed by atoms with Crippen LogP contribution in [0.1, 0.15) is 22.0 Å². The van der Waals surface area contributed by atoms with Crippen LogP contribution in [0.15, 0.2) is 76.0 Å². The van der Waals surface area contributed by atoms with E-state index in [-0.39, 0.29) is 11.3 Å². The summed E-state index contributed by atoms with van der Waals surface area (Å²) in [6.45, 7) is 0.827. The van der Waals surface area contributed by atoms with Gasteiger partial charge in [-0.1, -0.05) is 59.5 Å². The molecule has 0 aliphatic carbocycles. The van der Waals surface area contributed by atoms with Gasteiger partial charge < -0.3 is 14.6 Å². The molecule has 2 aromatic carbocycles. The number of Topliss-reactive ketones (excluding diaryl/α,β-unsaturated/α-hetero) is 1. The molecule has 1 fully saturated rings. The van der Waals surface area contributed by atoms with Crippen molar-refractivity contribution in [3.63, 3.8) is 0 Å². The van der Waals surface area contributed by atoms with Crippen LogP contribution in [-0.4, -0.2) is 40.2 Å². The Morgan fingerprint density at radius 2 is 1.84 bits per heavy atom. The average molecular weight is 550 g/mol. The number of ketones is 1. The van der Waals surface area contributed by atoms with Crippen molar-refractivity contribution in [3.05, 3.63) is 87.6 Å². The fourth-order valence-electron chi connectivity index (χ4n) is 4.17. The molecule has 0 radical (unpaired) electrons. The summed E-state index contributed by atoms with van der Waals surface area (Å²) in [4.78, 5) is 28.7. The minimum atomic E-state index is -0.826. The van der Waals surface area contributed by atoms with Gasteiger partial charge in [0.25, 0.3) is 5.78 Å². The van der Waals surface area contributed by atoms with Gasteiger partial charge in [0, 0.05) is 16.2 Å². The quantitative estimate of drug-likeness (QED) is 0.114. The molecule has 2 aliphatic heterocycles. The maximum absolute atomic E-state index is 13.3. The molecule has 4 aromatic rings. The second kappa shape index (κ2) is 10.0. The third-order valence-corrected chi connectivity index (χ3v) is 8.93. The van der Waals surface area contributed by atoms with Crippen LogP contribution in [0, 0.1) is 0 Å². The molecule has 1 atom stereocenters. The zero-order chi connectivity index (χ0) is 25.4. The largest absolute Gasteiger partial charge is 0.507 e. The highest BCUT2D eigenvalue weighted by Crippen LogP contribution is 2.45. The van der Waals surface area contributed by atoms with Crippen LogP contribution in [0.3, 0.4) is 0 Å². The molecule has 4 heterocycles. The zero-order valence-electron chi connectivity index (χ0n) is 19.2. The van der Waals surface area contributed by atoms with Crippen molar-refractivity contribution < 1.29 is 24.2 Å². The van der Waals surface area contributed by atoms with Gasteiger partial charge in [0.2, 0.25) is 5.13 Å². The summed E-state index contributed by atoms with van der Waals surface area (Å²) < 4.78 is 11.9. The highest BCUT2D eigenvalue weighted by atomic mass is 32.2. The van der Waals surface area contributed by atoms with E-state index >= 15 is 0 Å². The van der Waals surface area contributed by atoms with E-state index in [9.17, 15) is 14.7 Å². The molecule has 0 spiro atoms. The van der Waals surface area contributed by atoms with Crippen molar-refractivity contribution >= 4 is 57.0 Å². The van der Waals surface area contributed by atoms with Gasteiger partial charge in [0.05, 0.1) is 5.57 Å². The predicted molar refractivity (Wildman–Crippen MR) is 142 cm³/mol. The van der Waals surface area contributed by atoms with Gasteiger partial charge in [-0.2, -0.15) is 0 Å². The number of hydrogen-bond donors (Lipinski definition) is 1. The van der Waals surface area contributed by atoms with E-state index in [1.807, 2.05) is 47.8 Å². The molecular formula is C26H19N3O5S3. The lowest BCUT2D eigenvalue weighted by atomic mass is 9.99. The normalized spacial score (nSPS) is 18.4. The Balaban J connectivity index is 1.37. The van der Waals surface area contributed by atoms with Gasteiger partial charge in [0.1, 0.15) is 25.0 Å². The van der Waals surface area contributed by atoms with E-state index in [0.29, 0.717) is 45.5 Å². The van der Waals surface area contributed by atoms with Crippen LogP contribution in [0.4, 0.5) is 5.13 Å². The molecule has 1 amide bonds. The number of aromatic nitrogens is 2. The highest BCUT2D eigenvalue weighted by Gasteiger charge is 2.48. The van der Waals surface area contributed by atoms with Crippen LogP contribution in [0.5, 0.6) is 11.5 Å². The van der Waals surface area contributed by atoms with Crippen LogP contribution in [0.25, 0.3) is 5.76 Å². The van der Waals surface area contributed by atoms with Crippen molar-refractivity contribution in [1.29, 1.82) is 0 Å². The topological polar surface area (TPSA) is 102 Å². The first kappa shape index (κ1) is 23.7. The number of nitrogens with zero attached hydrogens (tertiary/aromatic N) is 3. The Morgan fingerprint density at radius 3 is 2.62 bits per heavy atom. The molecule has 11 heteroatoms.